The van der Waals surface area contributed by atoms with Crippen LogP contribution in [-0.4, -0.2) is 27.6 Å². The van der Waals surface area contributed by atoms with Crippen molar-refractivity contribution in [2.45, 2.75) is 26.9 Å². The maximum Gasteiger partial charge on any atom is 0.244 e. The van der Waals surface area contributed by atoms with E-state index in [1.54, 1.807) is 9.58 Å². The lowest BCUT2D eigenvalue weighted by molar-refractivity contribution is -0.131. The van der Waals surface area contributed by atoms with E-state index in [0.717, 1.165) is 17.0 Å². The van der Waals surface area contributed by atoms with Crippen molar-refractivity contribution >= 4 is 5.91 Å². The van der Waals surface area contributed by atoms with Crippen molar-refractivity contribution in [1.29, 1.82) is 0 Å². The van der Waals surface area contributed by atoms with Crippen LogP contribution in [-0.2, 0) is 17.9 Å². The minimum atomic E-state index is 0.0649. The van der Waals surface area contributed by atoms with Crippen LogP contribution < -0.4 is 0 Å². The second kappa shape index (κ2) is 5.69. The number of rotatable bonds is 4. The lowest BCUT2D eigenvalue weighted by atomic mass is 10.2. The third-order valence-electron chi connectivity index (χ3n) is 3.08. The summed E-state index contributed by atoms with van der Waals surface area (Å²) in [7, 11) is 1.82. The van der Waals surface area contributed by atoms with Crippen LogP contribution in [0.3, 0.4) is 0 Å². The highest BCUT2D eigenvalue weighted by molar-refractivity contribution is 5.75. The Morgan fingerprint density at radius 1 is 1.26 bits per heavy atom. The van der Waals surface area contributed by atoms with Gasteiger partial charge in [-0.3, -0.25) is 9.48 Å². The number of aromatic nitrogens is 2. The van der Waals surface area contributed by atoms with Gasteiger partial charge in [0.25, 0.3) is 0 Å². The van der Waals surface area contributed by atoms with Gasteiger partial charge in [-0.2, -0.15) is 5.10 Å². The maximum atomic E-state index is 12.1. The first-order valence-corrected chi connectivity index (χ1v) is 6.35. The molecule has 1 aromatic carbocycles. The number of hydrogen-bond acceptors (Lipinski definition) is 2. The van der Waals surface area contributed by atoms with Gasteiger partial charge in [0.1, 0.15) is 6.54 Å². The highest BCUT2D eigenvalue weighted by Gasteiger charge is 2.12. The summed E-state index contributed by atoms with van der Waals surface area (Å²) in [5.74, 6) is 0.0649. The Balaban J connectivity index is 1.98. The van der Waals surface area contributed by atoms with E-state index in [1.165, 1.54) is 0 Å². The standard InChI is InChI=1S/C15H19N3O/c1-12-9-13(2)18(16-12)11-15(19)17(3)10-14-7-5-4-6-8-14/h4-9H,10-11H2,1-3H3. The summed E-state index contributed by atoms with van der Waals surface area (Å²) < 4.78 is 1.75. The van der Waals surface area contributed by atoms with Crippen molar-refractivity contribution in [3.8, 4) is 0 Å². The van der Waals surface area contributed by atoms with Crippen LogP contribution in [0.1, 0.15) is 17.0 Å². The molecule has 2 aromatic rings. The minimum absolute atomic E-state index is 0.0649. The fraction of sp³-hybridized carbons (Fsp3) is 0.333. The number of nitrogens with zero attached hydrogens (tertiary/aromatic N) is 3. The molecule has 2 rings (SSSR count). The van der Waals surface area contributed by atoms with Crippen molar-refractivity contribution in [3.63, 3.8) is 0 Å². The number of likely N-dealkylation sites (N-methyl/N-ethyl adjacent to an activating group) is 1. The number of carbonyl (C=O) groups is 1. The van der Waals surface area contributed by atoms with Crippen LogP contribution in [0.4, 0.5) is 0 Å². The Bertz CT molecular complexity index is 560. The van der Waals surface area contributed by atoms with Crippen molar-refractivity contribution in [3.05, 3.63) is 53.3 Å². The zero-order chi connectivity index (χ0) is 13.8. The topological polar surface area (TPSA) is 38.1 Å². The van der Waals surface area contributed by atoms with E-state index in [9.17, 15) is 4.79 Å². The van der Waals surface area contributed by atoms with Gasteiger partial charge in [-0.25, -0.2) is 0 Å². The molecule has 0 saturated heterocycles. The molecule has 0 aliphatic carbocycles. The lowest BCUT2D eigenvalue weighted by Crippen LogP contribution is -2.30. The molecule has 0 saturated carbocycles. The van der Waals surface area contributed by atoms with Crippen LogP contribution in [0, 0.1) is 13.8 Å². The molecule has 19 heavy (non-hydrogen) atoms. The molecule has 1 aromatic heterocycles. The lowest BCUT2D eigenvalue weighted by Gasteiger charge is -2.17. The predicted octanol–water partition coefficient (Wildman–Crippen LogP) is 2.16. The Morgan fingerprint density at radius 2 is 1.95 bits per heavy atom. The van der Waals surface area contributed by atoms with Gasteiger partial charge in [0.15, 0.2) is 0 Å². The summed E-state index contributed by atoms with van der Waals surface area (Å²) >= 11 is 0. The van der Waals surface area contributed by atoms with Crippen LogP contribution in [0.15, 0.2) is 36.4 Å². The summed E-state index contributed by atoms with van der Waals surface area (Å²) in [5.41, 5.74) is 3.08. The highest BCUT2D eigenvalue weighted by Crippen LogP contribution is 2.05. The smallest absolute Gasteiger partial charge is 0.244 e. The van der Waals surface area contributed by atoms with Crippen molar-refractivity contribution in [2.24, 2.45) is 0 Å². The van der Waals surface area contributed by atoms with E-state index in [2.05, 4.69) is 5.10 Å². The van der Waals surface area contributed by atoms with Gasteiger partial charge >= 0.3 is 0 Å². The van der Waals surface area contributed by atoms with Crippen LogP contribution in [0.5, 0.6) is 0 Å². The quantitative estimate of drug-likeness (QED) is 0.842. The number of carbonyl (C=O) groups excluding carboxylic acids is 1. The molecule has 100 valence electrons. The molecule has 0 atom stereocenters. The molecule has 0 N–H and O–H groups in total. The van der Waals surface area contributed by atoms with Crippen molar-refractivity contribution < 1.29 is 4.79 Å². The average Bonchev–Trinajstić information content (AvgIpc) is 2.69. The van der Waals surface area contributed by atoms with Gasteiger partial charge < -0.3 is 4.90 Å². The molecule has 4 nitrogen and oxygen atoms in total. The van der Waals surface area contributed by atoms with Gasteiger partial charge in [-0.1, -0.05) is 30.3 Å². The van der Waals surface area contributed by atoms with Crippen molar-refractivity contribution in [1.82, 2.24) is 14.7 Å². The van der Waals surface area contributed by atoms with Crippen LogP contribution in [0.25, 0.3) is 0 Å². The van der Waals surface area contributed by atoms with Crippen LogP contribution >= 0.6 is 0 Å². The van der Waals surface area contributed by atoms with Gasteiger partial charge in [0.2, 0.25) is 5.91 Å². The molecular formula is C15H19N3O. The molecule has 0 fully saturated rings. The minimum Gasteiger partial charge on any atom is -0.340 e. The molecule has 1 amide bonds. The first kappa shape index (κ1) is 13.3. The van der Waals surface area contributed by atoms with Gasteiger partial charge in [-0.05, 0) is 25.5 Å². The normalized spacial score (nSPS) is 10.5. The molecule has 0 aliphatic heterocycles. The van der Waals surface area contributed by atoms with E-state index in [4.69, 9.17) is 0 Å². The number of amides is 1. The highest BCUT2D eigenvalue weighted by atomic mass is 16.2. The molecule has 0 aliphatic rings. The Labute approximate surface area is 113 Å². The Hall–Kier alpha value is -2.10. The molecule has 0 radical (unpaired) electrons. The summed E-state index contributed by atoms with van der Waals surface area (Å²) in [6.07, 6.45) is 0. The molecule has 1 heterocycles. The first-order valence-electron chi connectivity index (χ1n) is 6.35. The molecule has 0 unspecified atom stereocenters. The van der Waals surface area contributed by atoms with E-state index < -0.39 is 0 Å². The summed E-state index contributed by atoms with van der Waals surface area (Å²) in [4.78, 5) is 13.9. The Morgan fingerprint density at radius 3 is 2.53 bits per heavy atom. The van der Waals surface area contributed by atoms with Crippen LogP contribution in [0.2, 0.25) is 0 Å². The van der Waals surface area contributed by atoms with Gasteiger partial charge in [0, 0.05) is 19.3 Å². The van der Waals surface area contributed by atoms with E-state index in [1.807, 2.05) is 57.3 Å². The summed E-state index contributed by atoms with van der Waals surface area (Å²) in [6, 6.07) is 12.0. The monoisotopic (exact) mass is 257 g/mol. The van der Waals surface area contributed by atoms with E-state index in [0.29, 0.717) is 13.1 Å². The summed E-state index contributed by atoms with van der Waals surface area (Å²) in [5, 5.41) is 4.31. The second-order valence-electron chi connectivity index (χ2n) is 4.82. The predicted molar refractivity (Wildman–Crippen MR) is 74.6 cm³/mol. The van der Waals surface area contributed by atoms with E-state index >= 15 is 0 Å². The fourth-order valence-electron chi connectivity index (χ4n) is 2.03. The maximum absolute atomic E-state index is 12.1. The molecule has 4 heteroatoms. The second-order valence-corrected chi connectivity index (χ2v) is 4.82. The molecular weight excluding hydrogens is 238 g/mol. The Kier molecular flexibility index (Phi) is 4.00. The van der Waals surface area contributed by atoms with Gasteiger partial charge in [-0.15, -0.1) is 0 Å². The van der Waals surface area contributed by atoms with E-state index in [-0.39, 0.29) is 5.91 Å². The average molecular weight is 257 g/mol. The SMILES string of the molecule is Cc1cc(C)n(CC(=O)N(C)Cc2ccccc2)n1. The molecule has 0 spiro atoms. The zero-order valence-electron chi connectivity index (χ0n) is 11.6. The largest absolute Gasteiger partial charge is 0.340 e. The van der Waals surface area contributed by atoms with Crippen molar-refractivity contribution in [2.75, 3.05) is 7.05 Å². The number of aryl methyl sites for hydroxylation is 2. The zero-order valence-corrected chi connectivity index (χ0v) is 11.6. The first-order chi connectivity index (χ1) is 9.06. The molecule has 0 bridgehead atoms. The number of hydrogen-bond donors (Lipinski definition) is 0. The third kappa shape index (κ3) is 3.44. The third-order valence-corrected chi connectivity index (χ3v) is 3.08. The van der Waals surface area contributed by atoms with Gasteiger partial charge in [0.05, 0.1) is 5.69 Å². The number of benzene rings is 1. The summed E-state index contributed by atoms with van der Waals surface area (Å²) in [6.45, 7) is 4.81. The fourth-order valence-corrected chi connectivity index (χ4v) is 2.03.